The highest BCUT2D eigenvalue weighted by atomic mass is 16.5. The average molecular weight is 339 g/mol. The van der Waals surface area contributed by atoms with Gasteiger partial charge in [0.05, 0.1) is 5.56 Å². The Labute approximate surface area is 151 Å². The number of hydrogen-bond acceptors (Lipinski definition) is 2. The summed E-state index contributed by atoms with van der Waals surface area (Å²) in [6, 6.07) is 17.4. The Morgan fingerprint density at radius 2 is 1.76 bits per heavy atom. The topological polar surface area (TPSA) is 38.3 Å². The van der Waals surface area contributed by atoms with Crippen LogP contribution in [-0.4, -0.2) is 12.5 Å². The Kier molecular flexibility index (Phi) is 8.03. The van der Waals surface area contributed by atoms with E-state index in [0.717, 1.165) is 18.5 Å². The molecule has 2 aromatic rings. The van der Waals surface area contributed by atoms with Crippen molar-refractivity contribution in [2.24, 2.45) is 5.92 Å². The molecule has 1 atom stereocenters. The minimum Gasteiger partial charge on any atom is -0.488 e. The van der Waals surface area contributed by atoms with Gasteiger partial charge in [0.25, 0.3) is 5.91 Å². The van der Waals surface area contributed by atoms with E-state index in [-0.39, 0.29) is 5.91 Å². The summed E-state index contributed by atoms with van der Waals surface area (Å²) in [5.74, 6) is 1.12. The van der Waals surface area contributed by atoms with E-state index in [4.69, 9.17) is 4.74 Å². The van der Waals surface area contributed by atoms with E-state index in [1.54, 1.807) is 0 Å². The van der Waals surface area contributed by atoms with Crippen LogP contribution in [0.5, 0.6) is 5.75 Å². The molecule has 25 heavy (non-hydrogen) atoms. The van der Waals surface area contributed by atoms with Crippen molar-refractivity contribution in [3.63, 3.8) is 0 Å². The normalized spacial score (nSPS) is 11.8. The second-order valence-corrected chi connectivity index (χ2v) is 6.40. The maximum atomic E-state index is 12.6. The second kappa shape index (κ2) is 10.5. The van der Waals surface area contributed by atoms with E-state index in [9.17, 15) is 4.79 Å². The number of para-hydroxylation sites is 1. The third kappa shape index (κ3) is 6.26. The summed E-state index contributed by atoms with van der Waals surface area (Å²) in [5, 5.41) is 3.08. The van der Waals surface area contributed by atoms with Crippen molar-refractivity contribution >= 4 is 5.91 Å². The quantitative estimate of drug-likeness (QED) is 0.645. The molecule has 0 aromatic heterocycles. The van der Waals surface area contributed by atoms with Gasteiger partial charge in [-0.15, -0.1) is 0 Å². The lowest BCUT2D eigenvalue weighted by Crippen LogP contribution is -2.29. The van der Waals surface area contributed by atoms with E-state index in [1.807, 2.05) is 54.6 Å². The second-order valence-electron chi connectivity index (χ2n) is 6.40. The first-order chi connectivity index (χ1) is 12.2. The monoisotopic (exact) mass is 339 g/mol. The fourth-order valence-electron chi connectivity index (χ4n) is 2.79. The molecule has 0 saturated carbocycles. The van der Waals surface area contributed by atoms with E-state index >= 15 is 0 Å². The van der Waals surface area contributed by atoms with Crippen molar-refractivity contribution in [2.75, 3.05) is 6.54 Å². The summed E-state index contributed by atoms with van der Waals surface area (Å²) in [5.41, 5.74) is 1.69. The van der Waals surface area contributed by atoms with Gasteiger partial charge in [-0.05, 0) is 30.0 Å². The maximum absolute atomic E-state index is 12.6. The van der Waals surface area contributed by atoms with Crippen LogP contribution in [-0.2, 0) is 6.61 Å². The van der Waals surface area contributed by atoms with Crippen molar-refractivity contribution in [2.45, 2.75) is 46.1 Å². The molecule has 1 amide bonds. The number of rotatable bonds is 10. The minimum atomic E-state index is -0.0568. The molecule has 0 aliphatic rings. The molecule has 0 aliphatic carbocycles. The number of unbranched alkanes of at least 4 members (excludes halogenated alkanes) is 1. The zero-order chi connectivity index (χ0) is 17.9. The van der Waals surface area contributed by atoms with Gasteiger partial charge in [0.2, 0.25) is 0 Å². The summed E-state index contributed by atoms with van der Waals surface area (Å²) in [6.07, 6.45) is 4.66. The third-order valence-electron chi connectivity index (χ3n) is 4.46. The summed E-state index contributed by atoms with van der Waals surface area (Å²) in [7, 11) is 0. The molecule has 0 bridgehead atoms. The molecular weight excluding hydrogens is 310 g/mol. The highest BCUT2D eigenvalue weighted by molar-refractivity contribution is 5.96. The number of benzene rings is 2. The predicted molar refractivity (Wildman–Crippen MR) is 103 cm³/mol. The Balaban J connectivity index is 1.95. The van der Waals surface area contributed by atoms with Crippen LogP contribution in [0.4, 0.5) is 0 Å². The highest BCUT2D eigenvalue weighted by Crippen LogP contribution is 2.20. The first kappa shape index (κ1) is 19.0. The SMILES string of the molecule is CCCC[C@@H](CC)CNC(=O)c1ccccc1OCc1ccccc1. The van der Waals surface area contributed by atoms with Crippen molar-refractivity contribution in [1.29, 1.82) is 0 Å². The van der Waals surface area contributed by atoms with Crippen molar-refractivity contribution in [1.82, 2.24) is 5.32 Å². The van der Waals surface area contributed by atoms with Crippen LogP contribution in [0, 0.1) is 5.92 Å². The zero-order valence-electron chi connectivity index (χ0n) is 15.3. The molecule has 0 radical (unpaired) electrons. The van der Waals surface area contributed by atoms with Crippen molar-refractivity contribution in [3.8, 4) is 5.75 Å². The van der Waals surface area contributed by atoms with Crippen LogP contribution in [0.2, 0.25) is 0 Å². The van der Waals surface area contributed by atoms with Crippen molar-refractivity contribution < 1.29 is 9.53 Å². The Morgan fingerprint density at radius 3 is 2.48 bits per heavy atom. The molecule has 0 saturated heterocycles. The molecule has 0 fully saturated rings. The number of hydrogen-bond donors (Lipinski definition) is 1. The van der Waals surface area contributed by atoms with Gasteiger partial charge < -0.3 is 10.1 Å². The molecule has 0 heterocycles. The van der Waals surface area contributed by atoms with E-state index < -0.39 is 0 Å². The highest BCUT2D eigenvalue weighted by Gasteiger charge is 2.14. The van der Waals surface area contributed by atoms with Gasteiger partial charge in [0.1, 0.15) is 12.4 Å². The molecule has 3 heteroatoms. The van der Waals surface area contributed by atoms with Gasteiger partial charge in [0, 0.05) is 6.54 Å². The number of nitrogens with one attached hydrogen (secondary N) is 1. The molecule has 3 nitrogen and oxygen atoms in total. The lowest BCUT2D eigenvalue weighted by Gasteiger charge is -2.16. The Hall–Kier alpha value is -2.29. The van der Waals surface area contributed by atoms with Crippen LogP contribution in [0.3, 0.4) is 0 Å². The van der Waals surface area contributed by atoms with Gasteiger partial charge >= 0.3 is 0 Å². The van der Waals surface area contributed by atoms with Crippen LogP contribution in [0.25, 0.3) is 0 Å². The van der Waals surface area contributed by atoms with Crippen LogP contribution in [0.15, 0.2) is 54.6 Å². The largest absolute Gasteiger partial charge is 0.488 e. The lowest BCUT2D eigenvalue weighted by molar-refractivity contribution is 0.0941. The average Bonchev–Trinajstić information content (AvgIpc) is 2.67. The molecule has 0 aliphatic heterocycles. The van der Waals surface area contributed by atoms with E-state index in [0.29, 0.717) is 23.8 Å². The standard InChI is InChI=1S/C22H29NO2/c1-3-5-11-18(4-2)16-23-22(24)20-14-9-10-15-21(20)25-17-19-12-7-6-8-13-19/h6-10,12-15,18H,3-5,11,16-17H2,1-2H3,(H,23,24)/t18-/m1/s1. The molecule has 2 rings (SSSR count). The Bertz CT molecular complexity index is 639. The lowest BCUT2D eigenvalue weighted by atomic mass is 9.99. The number of ether oxygens (including phenoxy) is 1. The third-order valence-corrected chi connectivity index (χ3v) is 4.46. The smallest absolute Gasteiger partial charge is 0.255 e. The van der Waals surface area contributed by atoms with Crippen LogP contribution < -0.4 is 10.1 Å². The van der Waals surface area contributed by atoms with Gasteiger partial charge in [-0.3, -0.25) is 4.79 Å². The summed E-state index contributed by atoms with van der Waals surface area (Å²) >= 11 is 0. The van der Waals surface area contributed by atoms with Crippen LogP contribution >= 0.6 is 0 Å². The van der Waals surface area contributed by atoms with Crippen molar-refractivity contribution in [3.05, 3.63) is 65.7 Å². The minimum absolute atomic E-state index is 0.0568. The summed E-state index contributed by atoms with van der Waals surface area (Å²) in [6.45, 7) is 5.57. The van der Waals surface area contributed by atoms with Gasteiger partial charge in [-0.1, -0.05) is 75.6 Å². The Morgan fingerprint density at radius 1 is 1.04 bits per heavy atom. The number of carbonyl (C=O) groups is 1. The molecule has 134 valence electrons. The first-order valence-corrected chi connectivity index (χ1v) is 9.28. The number of amides is 1. The molecule has 1 N–H and O–H groups in total. The molecule has 0 spiro atoms. The summed E-state index contributed by atoms with van der Waals surface area (Å²) < 4.78 is 5.88. The van der Waals surface area contributed by atoms with Gasteiger partial charge in [-0.25, -0.2) is 0 Å². The van der Waals surface area contributed by atoms with Crippen LogP contribution in [0.1, 0.15) is 55.5 Å². The van der Waals surface area contributed by atoms with E-state index in [1.165, 1.54) is 19.3 Å². The zero-order valence-corrected chi connectivity index (χ0v) is 15.3. The van der Waals surface area contributed by atoms with E-state index in [2.05, 4.69) is 19.2 Å². The molecule has 0 unspecified atom stereocenters. The fraction of sp³-hybridized carbons (Fsp3) is 0.409. The fourth-order valence-corrected chi connectivity index (χ4v) is 2.79. The summed E-state index contributed by atoms with van der Waals surface area (Å²) in [4.78, 5) is 12.6. The molecular formula is C22H29NO2. The predicted octanol–water partition coefficient (Wildman–Crippen LogP) is 5.21. The number of carbonyl (C=O) groups excluding carboxylic acids is 1. The first-order valence-electron chi connectivity index (χ1n) is 9.28. The maximum Gasteiger partial charge on any atom is 0.255 e. The van der Waals surface area contributed by atoms with Gasteiger partial charge in [-0.2, -0.15) is 0 Å². The molecule has 2 aromatic carbocycles. The van der Waals surface area contributed by atoms with Gasteiger partial charge in [0.15, 0.2) is 0 Å².